The highest BCUT2D eigenvalue weighted by molar-refractivity contribution is 5.40. The highest BCUT2D eigenvalue weighted by Gasteiger charge is 2.26. The molecule has 1 aromatic rings. The third-order valence-electron chi connectivity index (χ3n) is 2.21. The molecule has 1 aliphatic carbocycles. The van der Waals surface area contributed by atoms with Crippen LogP contribution in [0.2, 0.25) is 0 Å². The molecule has 0 atom stereocenters. The van der Waals surface area contributed by atoms with Gasteiger partial charge in [-0.05, 0) is 37.3 Å². The first kappa shape index (κ1) is 14.6. The summed E-state index contributed by atoms with van der Waals surface area (Å²) < 4.78 is 0. The van der Waals surface area contributed by atoms with Gasteiger partial charge in [0.05, 0.1) is 11.6 Å². The number of pyridine rings is 1. The van der Waals surface area contributed by atoms with Crippen LogP contribution in [0.5, 0.6) is 0 Å². The molecule has 0 unspecified atom stereocenters. The van der Waals surface area contributed by atoms with Crippen LogP contribution in [-0.2, 0) is 0 Å². The minimum absolute atomic E-state index is 0.618. The lowest BCUT2D eigenvalue weighted by atomic mass is 10.1. The molecule has 2 heteroatoms. The molecule has 0 aromatic carbocycles. The minimum atomic E-state index is 0.618. The van der Waals surface area contributed by atoms with Crippen LogP contribution in [0.1, 0.15) is 63.3 Å². The number of hydrogen-bond acceptors (Lipinski definition) is 2. The van der Waals surface area contributed by atoms with Crippen molar-refractivity contribution >= 4 is 0 Å². The predicted octanol–water partition coefficient (Wildman–Crippen LogP) is 4.19. The Morgan fingerprint density at radius 1 is 1.25 bits per heavy atom. The fourth-order valence-corrected chi connectivity index (χ4v) is 1.39. The van der Waals surface area contributed by atoms with Crippen molar-refractivity contribution in [1.82, 2.24) is 4.98 Å². The van der Waals surface area contributed by atoms with E-state index in [0.29, 0.717) is 5.92 Å². The van der Waals surface area contributed by atoms with E-state index in [2.05, 4.69) is 11.1 Å². The third kappa shape index (κ3) is 4.02. The van der Waals surface area contributed by atoms with Gasteiger partial charge < -0.3 is 0 Å². The fourth-order valence-electron chi connectivity index (χ4n) is 1.39. The SMILES string of the molecule is CC.CC.Cc1cc(C#N)c(C2CC2)cn1. The van der Waals surface area contributed by atoms with E-state index in [9.17, 15) is 0 Å². The molecule has 0 radical (unpaired) electrons. The van der Waals surface area contributed by atoms with E-state index in [1.807, 2.05) is 46.9 Å². The lowest BCUT2D eigenvalue weighted by Crippen LogP contribution is -1.91. The van der Waals surface area contributed by atoms with Crippen LogP contribution < -0.4 is 0 Å². The maximum Gasteiger partial charge on any atom is 0.0995 e. The summed E-state index contributed by atoms with van der Waals surface area (Å²) >= 11 is 0. The molecule has 1 aliphatic rings. The molecule has 0 bridgehead atoms. The van der Waals surface area contributed by atoms with Crippen LogP contribution in [0, 0.1) is 18.3 Å². The number of hydrogen-bond donors (Lipinski definition) is 0. The second-order valence-electron chi connectivity index (χ2n) is 3.30. The molecule has 2 nitrogen and oxygen atoms in total. The second-order valence-corrected chi connectivity index (χ2v) is 3.30. The standard InChI is InChI=1S/C10H10N2.2C2H6/c1-7-4-9(5-11)10(6-12-7)8-2-3-8;2*1-2/h4,6,8H,2-3H2,1H3;2*1-2H3. The van der Waals surface area contributed by atoms with Crippen molar-refractivity contribution < 1.29 is 0 Å². The topological polar surface area (TPSA) is 36.7 Å². The van der Waals surface area contributed by atoms with Crippen LogP contribution in [-0.4, -0.2) is 4.98 Å². The van der Waals surface area contributed by atoms with Gasteiger partial charge in [0.1, 0.15) is 0 Å². The van der Waals surface area contributed by atoms with Gasteiger partial charge in [-0.25, -0.2) is 0 Å². The van der Waals surface area contributed by atoms with Crippen molar-refractivity contribution in [3.05, 3.63) is 29.1 Å². The summed E-state index contributed by atoms with van der Waals surface area (Å²) in [6.45, 7) is 9.91. The molecule has 0 aliphatic heterocycles. The van der Waals surface area contributed by atoms with Crippen molar-refractivity contribution in [1.29, 1.82) is 5.26 Å². The van der Waals surface area contributed by atoms with E-state index in [1.165, 1.54) is 12.8 Å². The lowest BCUT2D eigenvalue weighted by molar-refractivity contribution is 1.06. The van der Waals surface area contributed by atoms with Gasteiger partial charge >= 0.3 is 0 Å². The summed E-state index contributed by atoms with van der Waals surface area (Å²) in [5.74, 6) is 0.618. The fraction of sp³-hybridized carbons (Fsp3) is 0.571. The van der Waals surface area contributed by atoms with Crippen molar-refractivity contribution in [2.24, 2.45) is 0 Å². The zero-order valence-electron chi connectivity index (χ0n) is 11.0. The number of nitriles is 1. The molecule has 2 rings (SSSR count). The Hall–Kier alpha value is -1.36. The summed E-state index contributed by atoms with van der Waals surface area (Å²) in [6.07, 6.45) is 4.30. The maximum atomic E-state index is 8.84. The van der Waals surface area contributed by atoms with E-state index in [-0.39, 0.29) is 0 Å². The first-order valence-electron chi connectivity index (χ1n) is 6.18. The number of rotatable bonds is 1. The highest BCUT2D eigenvalue weighted by atomic mass is 14.7. The third-order valence-corrected chi connectivity index (χ3v) is 2.21. The molecule has 1 heterocycles. The molecule has 0 saturated heterocycles. The van der Waals surface area contributed by atoms with Crippen molar-refractivity contribution in [3.8, 4) is 6.07 Å². The molecule has 1 aromatic heterocycles. The summed E-state index contributed by atoms with van der Waals surface area (Å²) in [5.41, 5.74) is 2.88. The molecular weight excluding hydrogens is 196 g/mol. The van der Waals surface area contributed by atoms with Gasteiger partial charge in [0.15, 0.2) is 0 Å². The van der Waals surface area contributed by atoms with Crippen LogP contribution in [0.15, 0.2) is 12.3 Å². The van der Waals surface area contributed by atoms with Gasteiger partial charge in [-0.15, -0.1) is 0 Å². The smallest absolute Gasteiger partial charge is 0.0995 e. The molecule has 0 amide bonds. The number of aromatic nitrogens is 1. The van der Waals surface area contributed by atoms with E-state index in [0.717, 1.165) is 16.8 Å². The quantitative estimate of drug-likeness (QED) is 0.708. The summed E-state index contributed by atoms with van der Waals surface area (Å²) in [6, 6.07) is 4.09. The number of nitrogens with zero attached hydrogens (tertiary/aromatic N) is 2. The van der Waals surface area contributed by atoms with Gasteiger partial charge in [-0.3, -0.25) is 4.98 Å². The monoisotopic (exact) mass is 218 g/mol. The van der Waals surface area contributed by atoms with Gasteiger partial charge in [0.2, 0.25) is 0 Å². The van der Waals surface area contributed by atoms with E-state index in [4.69, 9.17) is 5.26 Å². The van der Waals surface area contributed by atoms with Crippen molar-refractivity contribution in [3.63, 3.8) is 0 Å². The first-order valence-corrected chi connectivity index (χ1v) is 6.18. The highest BCUT2D eigenvalue weighted by Crippen LogP contribution is 2.41. The van der Waals surface area contributed by atoms with Crippen LogP contribution in [0.25, 0.3) is 0 Å². The summed E-state index contributed by atoms with van der Waals surface area (Å²) in [7, 11) is 0. The van der Waals surface area contributed by atoms with Crippen molar-refractivity contribution in [2.75, 3.05) is 0 Å². The van der Waals surface area contributed by atoms with Gasteiger partial charge in [-0.2, -0.15) is 5.26 Å². The Kier molecular flexibility index (Phi) is 7.20. The van der Waals surface area contributed by atoms with Gasteiger partial charge in [0.25, 0.3) is 0 Å². The van der Waals surface area contributed by atoms with E-state index in [1.54, 1.807) is 0 Å². The molecule has 88 valence electrons. The second kappa shape index (κ2) is 7.87. The maximum absolute atomic E-state index is 8.84. The normalized spacial score (nSPS) is 12.5. The van der Waals surface area contributed by atoms with Crippen molar-refractivity contribution in [2.45, 2.75) is 53.4 Å². The Morgan fingerprint density at radius 2 is 1.81 bits per heavy atom. The summed E-state index contributed by atoms with van der Waals surface area (Å²) in [4.78, 5) is 4.20. The Labute approximate surface area is 99.3 Å². The number of aryl methyl sites for hydroxylation is 1. The summed E-state index contributed by atoms with van der Waals surface area (Å²) in [5, 5.41) is 8.84. The molecule has 0 spiro atoms. The largest absolute Gasteiger partial charge is 0.261 e. The van der Waals surface area contributed by atoms with E-state index < -0.39 is 0 Å². The first-order chi connectivity index (χ1) is 7.81. The van der Waals surface area contributed by atoms with Gasteiger partial charge in [0, 0.05) is 11.9 Å². The Balaban J connectivity index is 0.000000509. The molecule has 0 N–H and O–H groups in total. The van der Waals surface area contributed by atoms with Crippen LogP contribution in [0.4, 0.5) is 0 Å². The van der Waals surface area contributed by atoms with Crippen LogP contribution in [0.3, 0.4) is 0 Å². The lowest BCUT2D eigenvalue weighted by Gasteiger charge is -2.00. The molecule has 16 heavy (non-hydrogen) atoms. The zero-order chi connectivity index (χ0) is 12.6. The predicted molar refractivity (Wildman–Crippen MR) is 68.4 cm³/mol. The molecule has 1 saturated carbocycles. The average Bonchev–Trinajstić information content (AvgIpc) is 3.18. The Bertz CT molecular complexity index is 346. The van der Waals surface area contributed by atoms with Crippen LogP contribution >= 0.6 is 0 Å². The average molecular weight is 218 g/mol. The molecule has 1 fully saturated rings. The zero-order valence-corrected chi connectivity index (χ0v) is 11.0. The molecular formula is C14H22N2. The van der Waals surface area contributed by atoms with Gasteiger partial charge in [-0.1, -0.05) is 27.7 Å². The Morgan fingerprint density at radius 3 is 2.25 bits per heavy atom. The van der Waals surface area contributed by atoms with E-state index >= 15 is 0 Å². The minimum Gasteiger partial charge on any atom is -0.261 e.